The highest BCUT2D eigenvalue weighted by Crippen LogP contribution is 2.23. The van der Waals surface area contributed by atoms with Crippen LogP contribution in [0.15, 0.2) is 47.8 Å². The molecule has 1 atom stereocenters. The standard InChI is InChI=1S/C15H19NO3S2/c1-19-9-11-21(17,18)16-14(15-8-5-10-20-15)12-13-6-3-2-4-7-13/h2-8,10,14,16H,9,11-12H2,1H3. The number of benzene rings is 1. The molecular weight excluding hydrogens is 306 g/mol. The van der Waals surface area contributed by atoms with Crippen LogP contribution in [0.2, 0.25) is 0 Å². The van der Waals surface area contributed by atoms with Gasteiger partial charge in [0.05, 0.1) is 18.4 Å². The van der Waals surface area contributed by atoms with Gasteiger partial charge < -0.3 is 4.74 Å². The Labute approximate surface area is 129 Å². The van der Waals surface area contributed by atoms with E-state index >= 15 is 0 Å². The van der Waals surface area contributed by atoms with E-state index in [9.17, 15) is 8.42 Å². The van der Waals surface area contributed by atoms with Gasteiger partial charge in [-0.15, -0.1) is 11.3 Å². The summed E-state index contributed by atoms with van der Waals surface area (Å²) in [4.78, 5) is 1.01. The molecule has 2 aromatic rings. The molecule has 4 nitrogen and oxygen atoms in total. The quantitative estimate of drug-likeness (QED) is 0.811. The summed E-state index contributed by atoms with van der Waals surface area (Å²) in [5.74, 6) is -0.0276. The Kier molecular flexibility index (Phi) is 5.93. The predicted octanol–water partition coefficient (Wildman–Crippen LogP) is 2.60. The SMILES string of the molecule is COCCS(=O)(=O)NC(Cc1ccccc1)c1cccs1. The molecule has 114 valence electrons. The van der Waals surface area contributed by atoms with Crippen molar-refractivity contribution in [2.75, 3.05) is 19.5 Å². The first kappa shape index (κ1) is 16.2. The van der Waals surface area contributed by atoms with Crippen LogP contribution in [-0.4, -0.2) is 27.9 Å². The van der Waals surface area contributed by atoms with Crippen molar-refractivity contribution in [2.24, 2.45) is 0 Å². The Morgan fingerprint density at radius 3 is 2.57 bits per heavy atom. The molecule has 6 heteroatoms. The minimum absolute atomic E-state index is 0.0276. The van der Waals surface area contributed by atoms with E-state index in [1.54, 1.807) is 11.3 Å². The molecule has 2 rings (SSSR count). The molecule has 0 aliphatic rings. The molecule has 1 heterocycles. The van der Waals surface area contributed by atoms with Crippen LogP contribution >= 0.6 is 11.3 Å². The summed E-state index contributed by atoms with van der Waals surface area (Å²) >= 11 is 1.56. The fourth-order valence-corrected chi connectivity index (χ4v) is 4.01. The van der Waals surface area contributed by atoms with Gasteiger partial charge in [0.1, 0.15) is 0 Å². The number of rotatable bonds is 8. The summed E-state index contributed by atoms with van der Waals surface area (Å²) < 4.78 is 31.8. The lowest BCUT2D eigenvalue weighted by atomic mass is 10.1. The van der Waals surface area contributed by atoms with Crippen molar-refractivity contribution in [3.63, 3.8) is 0 Å². The molecule has 1 aromatic heterocycles. The van der Waals surface area contributed by atoms with E-state index in [2.05, 4.69) is 4.72 Å². The molecule has 21 heavy (non-hydrogen) atoms. The normalized spacial score (nSPS) is 13.2. The highest BCUT2D eigenvalue weighted by atomic mass is 32.2. The molecule has 0 fully saturated rings. The van der Waals surface area contributed by atoms with Gasteiger partial charge in [0.15, 0.2) is 0 Å². The average Bonchev–Trinajstić information content (AvgIpc) is 3.00. The van der Waals surface area contributed by atoms with Crippen molar-refractivity contribution in [2.45, 2.75) is 12.5 Å². The molecular formula is C15H19NO3S2. The van der Waals surface area contributed by atoms with Crippen LogP contribution in [0.25, 0.3) is 0 Å². The lowest BCUT2D eigenvalue weighted by Gasteiger charge is -2.17. The number of methoxy groups -OCH3 is 1. The third-order valence-electron chi connectivity index (χ3n) is 3.05. The molecule has 0 radical (unpaired) electrons. The first-order valence-corrected chi connectivity index (χ1v) is 9.20. The molecule has 0 aliphatic carbocycles. The highest BCUT2D eigenvalue weighted by molar-refractivity contribution is 7.89. The Balaban J connectivity index is 2.14. The summed E-state index contributed by atoms with van der Waals surface area (Å²) in [5, 5.41) is 1.96. The fraction of sp³-hybridized carbons (Fsp3) is 0.333. The van der Waals surface area contributed by atoms with Gasteiger partial charge >= 0.3 is 0 Å². The second kappa shape index (κ2) is 7.70. The van der Waals surface area contributed by atoms with Crippen molar-refractivity contribution in [3.8, 4) is 0 Å². The van der Waals surface area contributed by atoms with E-state index in [0.29, 0.717) is 6.42 Å². The molecule has 1 aromatic carbocycles. The number of ether oxygens (including phenoxy) is 1. The van der Waals surface area contributed by atoms with E-state index in [-0.39, 0.29) is 18.4 Å². The van der Waals surface area contributed by atoms with Crippen LogP contribution in [0.3, 0.4) is 0 Å². The van der Waals surface area contributed by atoms with Crippen molar-refractivity contribution in [3.05, 3.63) is 58.3 Å². The van der Waals surface area contributed by atoms with Gasteiger partial charge in [0, 0.05) is 12.0 Å². The van der Waals surface area contributed by atoms with Crippen LogP contribution in [0, 0.1) is 0 Å². The van der Waals surface area contributed by atoms with Crippen LogP contribution in [0.4, 0.5) is 0 Å². The van der Waals surface area contributed by atoms with E-state index < -0.39 is 10.0 Å². The Hall–Kier alpha value is -1.21. The minimum Gasteiger partial charge on any atom is -0.384 e. The average molecular weight is 325 g/mol. The summed E-state index contributed by atoms with van der Waals surface area (Å²) in [6, 6.07) is 13.5. The molecule has 1 unspecified atom stereocenters. The van der Waals surface area contributed by atoms with E-state index in [0.717, 1.165) is 10.4 Å². The topological polar surface area (TPSA) is 55.4 Å². The number of sulfonamides is 1. The monoisotopic (exact) mass is 325 g/mol. The lowest BCUT2D eigenvalue weighted by molar-refractivity contribution is 0.216. The Morgan fingerprint density at radius 2 is 1.95 bits per heavy atom. The third kappa shape index (κ3) is 5.24. The highest BCUT2D eigenvalue weighted by Gasteiger charge is 2.20. The van der Waals surface area contributed by atoms with E-state index in [4.69, 9.17) is 4.74 Å². The minimum atomic E-state index is -3.36. The van der Waals surface area contributed by atoms with Gasteiger partial charge in [-0.3, -0.25) is 0 Å². The first-order chi connectivity index (χ1) is 10.1. The van der Waals surface area contributed by atoms with Gasteiger partial charge in [-0.1, -0.05) is 36.4 Å². The zero-order valence-electron chi connectivity index (χ0n) is 11.9. The largest absolute Gasteiger partial charge is 0.384 e. The van der Waals surface area contributed by atoms with Gasteiger partial charge in [0.25, 0.3) is 0 Å². The number of hydrogen-bond donors (Lipinski definition) is 1. The van der Waals surface area contributed by atoms with Gasteiger partial charge in [-0.05, 0) is 23.4 Å². The molecule has 0 saturated heterocycles. The molecule has 0 saturated carbocycles. The predicted molar refractivity (Wildman–Crippen MR) is 86.0 cm³/mol. The van der Waals surface area contributed by atoms with Gasteiger partial charge in [-0.25, -0.2) is 13.1 Å². The second-order valence-corrected chi connectivity index (χ2v) is 7.54. The Bertz CT molecular complexity index is 624. The van der Waals surface area contributed by atoms with Crippen molar-refractivity contribution >= 4 is 21.4 Å². The van der Waals surface area contributed by atoms with Gasteiger partial charge in [0.2, 0.25) is 10.0 Å². The zero-order valence-corrected chi connectivity index (χ0v) is 13.5. The molecule has 0 spiro atoms. The Morgan fingerprint density at radius 1 is 1.19 bits per heavy atom. The van der Waals surface area contributed by atoms with Crippen LogP contribution in [0.1, 0.15) is 16.5 Å². The van der Waals surface area contributed by atoms with Crippen molar-refractivity contribution in [1.29, 1.82) is 0 Å². The number of thiophene rings is 1. The third-order valence-corrected chi connectivity index (χ3v) is 5.38. The summed E-state index contributed by atoms with van der Waals surface area (Å²) in [5.41, 5.74) is 1.10. The van der Waals surface area contributed by atoms with Crippen molar-refractivity contribution in [1.82, 2.24) is 4.72 Å². The maximum Gasteiger partial charge on any atom is 0.214 e. The van der Waals surface area contributed by atoms with Crippen molar-refractivity contribution < 1.29 is 13.2 Å². The van der Waals surface area contributed by atoms with Crippen LogP contribution in [0.5, 0.6) is 0 Å². The second-order valence-electron chi connectivity index (χ2n) is 4.69. The maximum atomic E-state index is 12.1. The lowest BCUT2D eigenvalue weighted by Crippen LogP contribution is -2.32. The smallest absolute Gasteiger partial charge is 0.214 e. The van der Waals surface area contributed by atoms with E-state index in [1.165, 1.54) is 7.11 Å². The van der Waals surface area contributed by atoms with Crippen LogP contribution in [-0.2, 0) is 21.2 Å². The zero-order chi connectivity index (χ0) is 15.1. The number of hydrogen-bond acceptors (Lipinski definition) is 4. The fourth-order valence-electron chi connectivity index (χ4n) is 2.01. The molecule has 1 N–H and O–H groups in total. The summed E-state index contributed by atoms with van der Waals surface area (Å²) in [6.45, 7) is 0.192. The molecule has 0 aliphatic heterocycles. The maximum absolute atomic E-state index is 12.1. The summed E-state index contributed by atoms with van der Waals surface area (Å²) in [7, 11) is -1.86. The van der Waals surface area contributed by atoms with E-state index in [1.807, 2.05) is 47.8 Å². The molecule has 0 amide bonds. The molecule has 0 bridgehead atoms. The van der Waals surface area contributed by atoms with Gasteiger partial charge in [-0.2, -0.15) is 0 Å². The first-order valence-electron chi connectivity index (χ1n) is 6.67. The number of nitrogens with one attached hydrogen (secondary N) is 1. The summed E-state index contributed by atoms with van der Waals surface area (Å²) in [6.07, 6.45) is 0.633. The van der Waals surface area contributed by atoms with Crippen LogP contribution < -0.4 is 4.72 Å².